The third-order valence-electron chi connectivity index (χ3n) is 2.71. The third-order valence-corrected chi connectivity index (χ3v) is 4.68. The van der Waals surface area contributed by atoms with Gasteiger partial charge in [-0.1, -0.05) is 6.07 Å². The van der Waals surface area contributed by atoms with Crippen LogP contribution >= 0.6 is 0 Å². The number of nitrogens with two attached hydrogens (primary N) is 1. The summed E-state index contributed by atoms with van der Waals surface area (Å²) in [7, 11) is -0.845. The number of sulfonamides is 1. The predicted molar refractivity (Wildman–Crippen MR) is 70.8 cm³/mol. The predicted octanol–water partition coefficient (Wildman–Crippen LogP) is 0.728. The van der Waals surface area contributed by atoms with Crippen LogP contribution in [-0.4, -0.2) is 46.1 Å². The van der Waals surface area contributed by atoms with E-state index in [9.17, 15) is 12.8 Å². The van der Waals surface area contributed by atoms with Gasteiger partial charge in [0, 0.05) is 26.7 Å². The third kappa shape index (κ3) is 3.97. The summed E-state index contributed by atoms with van der Waals surface area (Å²) in [5.41, 5.74) is 6.22. The molecule has 2 N–H and O–H groups in total. The lowest BCUT2D eigenvalue weighted by Crippen LogP contribution is -2.41. The van der Waals surface area contributed by atoms with E-state index in [2.05, 4.69) is 0 Å². The Hall–Kier alpha value is -1.02. The summed E-state index contributed by atoms with van der Waals surface area (Å²) in [4.78, 5) is -0.0420. The lowest BCUT2D eigenvalue weighted by Gasteiger charge is -2.21. The highest BCUT2D eigenvalue weighted by Gasteiger charge is 2.24. The average molecular weight is 290 g/mol. The van der Waals surface area contributed by atoms with Crippen molar-refractivity contribution < 1.29 is 17.5 Å². The van der Waals surface area contributed by atoms with Crippen LogP contribution in [0.15, 0.2) is 23.1 Å². The molecule has 0 saturated heterocycles. The molecule has 0 bridgehead atoms. The van der Waals surface area contributed by atoms with E-state index in [1.165, 1.54) is 26.3 Å². The summed E-state index contributed by atoms with van der Waals surface area (Å²) in [6, 6.07) is 3.25. The van der Waals surface area contributed by atoms with Crippen LogP contribution in [0, 0.1) is 12.7 Å². The highest BCUT2D eigenvalue weighted by atomic mass is 32.2. The fourth-order valence-corrected chi connectivity index (χ4v) is 3.17. The molecule has 0 aliphatic heterocycles. The molecule has 0 fully saturated rings. The molecule has 7 heteroatoms. The molecular weight excluding hydrogens is 271 g/mol. The molecule has 1 aromatic rings. The number of methoxy groups -OCH3 is 1. The smallest absolute Gasteiger partial charge is 0.243 e. The molecule has 0 radical (unpaired) electrons. The second-order valence-corrected chi connectivity index (χ2v) is 6.42. The van der Waals surface area contributed by atoms with E-state index in [-0.39, 0.29) is 18.0 Å². The highest BCUT2D eigenvalue weighted by Crippen LogP contribution is 2.20. The van der Waals surface area contributed by atoms with Crippen molar-refractivity contribution in [2.24, 2.45) is 5.73 Å². The normalized spacial score (nSPS) is 13.8. The van der Waals surface area contributed by atoms with Gasteiger partial charge >= 0.3 is 0 Å². The van der Waals surface area contributed by atoms with Crippen LogP contribution in [0.25, 0.3) is 0 Å². The molecule has 5 nitrogen and oxygen atoms in total. The van der Waals surface area contributed by atoms with Gasteiger partial charge in [-0.25, -0.2) is 12.8 Å². The standard InChI is InChI=1S/C12H19FN2O3S/c1-9-4-5-10(13)6-12(9)19(16,17)15(2)7-11(14)8-18-3/h4-6,11H,7-8,14H2,1-3H3. The Morgan fingerprint density at radius 2 is 2.11 bits per heavy atom. The SMILES string of the molecule is COCC(N)CN(C)S(=O)(=O)c1cc(F)ccc1C. The molecule has 0 spiro atoms. The molecule has 0 saturated carbocycles. The fraction of sp³-hybridized carbons (Fsp3) is 0.500. The first-order valence-corrected chi connectivity index (χ1v) is 7.20. The van der Waals surface area contributed by atoms with E-state index in [1.54, 1.807) is 6.92 Å². The summed E-state index contributed by atoms with van der Waals surface area (Å²) in [6.45, 7) is 1.98. The molecule has 0 aliphatic carbocycles. The zero-order valence-corrected chi connectivity index (χ0v) is 12.1. The van der Waals surface area contributed by atoms with Gasteiger partial charge in [-0.3, -0.25) is 0 Å². The average Bonchev–Trinajstić information content (AvgIpc) is 2.32. The van der Waals surface area contributed by atoms with Crippen LogP contribution in [-0.2, 0) is 14.8 Å². The van der Waals surface area contributed by atoms with Crippen LogP contribution in [0.3, 0.4) is 0 Å². The first kappa shape index (κ1) is 16.0. The van der Waals surface area contributed by atoms with Crippen molar-refractivity contribution in [2.45, 2.75) is 17.9 Å². The zero-order valence-electron chi connectivity index (χ0n) is 11.3. The van der Waals surface area contributed by atoms with Gasteiger partial charge < -0.3 is 10.5 Å². The van der Waals surface area contributed by atoms with E-state index in [1.807, 2.05) is 0 Å². The lowest BCUT2D eigenvalue weighted by molar-refractivity contribution is 0.173. The van der Waals surface area contributed by atoms with E-state index in [4.69, 9.17) is 10.5 Å². The minimum Gasteiger partial charge on any atom is -0.383 e. The second kappa shape index (κ2) is 6.42. The van der Waals surface area contributed by atoms with Crippen LogP contribution in [0.2, 0.25) is 0 Å². The molecule has 0 amide bonds. The molecule has 1 unspecified atom stereocenters. The van der Waals surface area contributed by atoms with Crippen molar-refractivity contribution in [3.63, 3.8) is 0 Å². The number of likely N-dealkylation sites (N-methyl/N-ethyl adjacent to an activating group) is 1. The van der Waals surface area contributed by atoms with Crippen molar-refractivity contribution in [1.82, 2.24) is 4.31 Å². The van der Waals surface area contributed by atoms with E-state index >= 15 is 0 Å². The van der Waals surface area contributed by atoms with Crippen LogP contribution in [0.4, 0.5) is 4.39 Å². The largest absolute Gasteiger partial charge is 0.383 e. The van der Waals surface area contributed by atoms with E-state index in [0.717, 1.165) is 10.4 Å². The quantitative estimate of drug-likeness (QED) is 0.838. The maximum Gasteiger partial charge on any atom is 0.243 e. The maximum atomic E-state index is 13.2. The second-order valence-electron chi connectivity index (χ2n) is 4.41. The molecule has 1 rings (SSSR count). The van der Waals surface area contributed by atoms with Gasteiger partial charge in [0.1, 0.15) is 5.82 Å². The first-order chi connectivity index (χ1) is 8.78. The Kier molecular flexibility index (Phi) is 5.42. The summed E-state index contributed by atoms with van der Waals surface area (Å²) >= 11 is 0. The van der Waals surface area contributed by atoms with Crippen molar-refractivity contribution in [3.05, 3.63) is 29.6 Å². The van der Waals surface area contributed by atoms with Crippen LogP contribution < -0.4 is 5.73 Å². The number of aryl methyl sites for hydroxylation is 1. The Morgan fingerprint density at radius 1 is 1.47 bits per heavy atom. The molecule has 108 valence electrons. The molecule has 19 heavy (non-hydrogen) atoms. The van der Waals surface area contributed by atoms with Crippen molar-refractivity contribution in [1.29, 1.82) is 0 Å². The van der Waals surface area contributed by atoms with Gasteiger partial charge in [0.2, 0.25) is 10.0 Å². The Labute approximate surface area is 113 Å². The molecular formula is C12H19FN2O3S. The Balaban J connectivity index is 3.00. The van der Waals surface area contributed by atoms with Gasteiger partial charge in [-0.15, -0.1) is 0 Å². The van der Waals surface area contributed by atoms with Crippen LogP contribution in [0.5, 0.6) is 0 Å². The summed E-state index contributed by atoms with van der Waals surface area (Å²) < 4.78 is 43.8. The van der Waals surface area contributed by atoms with Gasteiger partial charge in [0.05, 0.1) is 11.5 Å². The molecule has 1 aromatic carbocycles. The van der Waals surface area contributed by atoms with E-state index < -0.39 is 21.9 Å². The zero-order chi connectivity index (χ0) is 14.6. The molecule has 0 aliphatic rings. The first-order valence-electron chi connectivity index (χ1n) is 5.76. The van der Waals surface area contributed by atoms with Crippen LogP contribution in [0.1, 0.15) is 5.56 Å². The number of benzene rings is 1. The number of hydrogen-bond acceptors (Lipinski definition) is 4. The maximum absolute atomic E-state index is 13.2. The minimum absolute atomic E-state index is 0.0420. The van der Waals surface area contributed by atoms with Crippen molar-refractivity contribution in [2.75, 3.05) is 27.3 Å². The number of ether oxygens (including phenoxy) is 1. The van der Waals surface area contributed by atoms with E-state index in [0.29, 0.717) is 5.56 Å². The summed E-state index contributed by atoms with van der Waals surface area (Å²) in [5, 5.41) is 0. The number of halogens is 1. The van der Waals surface area contributed by atoms with Gasteiger partial charge in [-0.05, 0) is 24.6 Å². The van der Waals surface area contributed by atoms with Gasteiger partial charge in [0.25, 0.3) is 0 Å². The summed E-state index contributed by atoms with van der Waals surface area (Å²) in [5.74, 6) is -0.584. The molecule has 0 heterocycles. The van der Waals surface area contributed by atoms with Gasteiger partial charge in [-0.2, -0.15) is 4.31 Å². The minimum atomic E-state index is -3.75. The number of rotatable bonds is 6. The molecule has 1 atom stereocenters. The molecule has 0 aromatic heterocycles. The highest BCUT2D eigenvalue weighted by molar-refractivity contribution is 7.89. The van der Waals surface area contributed by atoms with Crippen molar-refractivity contribution >= 4 is 10.0 Å². The monoisotopic (exact) mass is 290 g/mol. The fourth-order valence-electron chi connectivity index (χ4n) is 1.71. The Bertz CT molecular complexity index is 534. The number of nitrogens with zero attached hydrogens (tertiary/aromatic N) is 1. The number of hydrogen-bond donors (Lipinski definition) is 1. The van der Waals surface area contributed by atoms with Crippen molar-refractivity contribution in [3.8, 4) is 0 Å². The Morgan fingerprint density at radius 3 is 2.68 bits per heavy atom. The lowest BCUT2D eigenvalue weighted by atomic mass is 10.2. The van der Waals surface area contributed by atoms with Gasteiger partial charge in [0.15, 0.2) is 0 Å². The topological polar surface area (TPSA) is 72.6 Å². The summed E-state index contributed by atoms with van der Waals surface area (Å²) in [6.07, 6.45) is 0.